The van der Waals surface area contributed by atoms with Crippen molar-refractivity contribution in [1.82, 2.24) is 9.13 Å². The highest BCUT2D eigenvalue weighted by molar-refractivity contribution is 5.79. The molecule has 4 heterocycles. The summed E-state index contributed by atoms with van der Waals surface area (Å²) in [5.41, 5.74) is 9.03. The Morgan fingerprint density at radius 3 is 1.14 bits per heavy atom. The zero-order valence-electron chi connectivity index (χ0n) is 30.5. The third-order valence-electron chi connectivity index (χ3n) is 11.6. The van der Waals surface area contributed by atoms with Crippen LogP contribution in [0.4, 0.5) is 0 Å². The lowest BCUT2D eigenvalue weighted by Gasteiger charge is -2.46. The molecule has 2 aromatic heterocycles. The monoisotopic (exact) mass is 720 g/mol. The second-order valence-corrected chi connectivity index (χ2v) is 14.5. The number of para-hydroxylation sites is 2. The van der Waals surface area contributed by atoms with Crippen LogP contribution in [-0.2, 0) is 10.8 Å². The predicted molar refractivity (Wildman–Crippen MR) is 222 cm³/mol. The van der Waals surface area contributed by atoms with Gasteiger partial charge in [0.15, 0.2) is 0 Å². The van der Waals surface area contributed by atoms with Crippen LogP contribution in [0.2, 0.25) is 0 Å². The van der Waals surface area contributed by atoms with E-state index >= 15 is 0 Å². The lowest BCUT2D eigenvalue weighted by atomic mass is 9.61. The Kier molecular flexibility index (Phi) is 7.26. The van der Waals surface area contributed by atoms with E-state index in [0.29, 0.717) is 0 Å². The summed E-state index contributed by atoms with van der Waals surface area (Å²) < 4.78 is 19.2. The molecule has 4 nitrogen and oxygen atoms in total. The fraction of sp³-hybridized carbons (Fsp3) is 0.0385. The Morgan fingerprint density at radius 2 is 0.696 bits per heavy atom. The van der Waals surface area contributed by atoms with Crippen LogP contribution in [0.1, 0.15) is 44.8 Å². The predicted octanol–water partition coefficient (Wildman–Crippen LogP) is 12.2. The molecular formula is C52H36N2O2. The zero-order valence-corrected chi connectivity index (χ0v) is 30.5. The van der Waals surface area contributed by atoms with E-state index < -0.39 is 10.8 Å². The molecule has 56 heavy (non-hydrogen) atoms. The van der Waals surface area contributed by atoms with Gasteiger partial charge in [0.25, 0.3) is 0 Å². The van der Waals surface area contributed by atoms with Crippen molar-refractivity contribution >= 4 is 0 Å². The highest BCUT2D eigenvalue weighted by atomic mass is 16.5. The molecule has 2 aliphatic heterocycles. The van der Waals surface area contributed by atoms with E-state index in [2.05, 4.69) is 228 Å². The average molecular weight is 721 g/mol. The molecule has 0 N–H and O–H groups in total. The molecule has 0 radical (unpaired) electrons. The van der Waals surface area contributed by atoms with Crippen molar-refractivity contribution in [2.75, 3.05) is 0 Å². The van der Waals surface area contributed by atoms with Crippen molar-refractivity contribution in [2.24, 2.45) is 0 Å². The van der Waals surface area contributed by atoms with Gasteiger partial charge in [0.05, 0.1) is 27.8 Å². The zero-order chi connectivity index (χ0) is 37.1. The number of nitrogens with zero attached hydrogens (tertiary/aromatic N) is 2. The van der Waals surface area contributed by atoms with Gasteiger partial charge in [0, 0.05) is 29.3 Å². The minimum Gasteiger partial charge on any atom is -0.455 e. The molecular weight excluding hydrogens is 685 g/mol. The summed E-state index contributed by atoms with van der Waals surface area (Å²) in [4.78, 5) is 0. The van der Waals surface area contributed by atoms with E-state index in [-0.39, 0.29) is 0 Å². The van der Waals surface area contributed by atoms with Gasteiger partial charge in [-0.2, -0.15) is 0 Å². The van der Waals surface area contributed by atoms with E-state index in [1.165, 1.54) is 0 Å². The molecule has 2 aliphatic rings. The van der Waals surface area contributed by atoms with Crippen molar-refractivity contribution in [3.63, 3.8) is 0 Å². The van der Waals surface area contributed by atoms with Gasteiger partial charge in [-0.1, -0.05) is 158 Å². The van der Waals surface area contributed by atoms with Crippen LogP contribution in [0.5, 0.6) is 23.0 Å². The number of rotatable bonds is 6. The molecule has 0 saturated carbocycles. The summed E-state index contributed by atoms with van der Waals surface area (Å²) in [6.45, 7) is 0. The molecule has 11 rings (SSSR count). The van der Waals surface area contributed by atoms with Gasteiger partial charge < -0.3 is 18.6 Å². The van der Waals surface area contributed by atoms with E-state index in [4.69, 9.17) is 9.47 Å². The van der Waals surface area contributed by atoms with Crippen LogP contribution in [0, 0.1) is 0 Å². The maximum absolute atomic E-state index is 7.50. The van der Waals surface area contributed by atoms with E-state index in [9.17, 15) is 0 Å². The van der Waals surface area contributed by atoms with Gasteiger partial charge >= 0.3 is 0 Å². The Bertz CT molecular complexity index is 2750. The highest BCUT2D eigenvalue weighted by Gasteiger charge is 2.55. The highest BCUT2D eigenvalue weighted by Crippen LogP contribution is 2.64. The van der Waals surface area contributed by atoms with Crippen molar-refractivity contribution < 1.29 is 9.47 Å². The summed E-state index contributed by atoms with van der Waals surface area (Å²) in [6, 6.07) is 73.2. The maximum atomic E-state index is 7.50. The van der Waals surface area contributed by atoms with Crippen LogP contribution >= 0.6 is 0 Å². The van der Waals surface area contributed by atoms with Crippen LogP contribution < -0.4 is 9.47 Å². The van der Waals surface area contributed by atoms with Crippen molar-refractivity contribution in [3.8, 4) is 34.4 Å². The summed E-state index contributed by atoms with van der Waals surface area (Å²) in [5, 5.41) is 0. The Balaban J connectivity index is 1.33. The molecule has 0 fully saturated rings. The summed E-state index contributed by atoms with van der Waals surface area (Å²) >= 11 is 0. The molecule has 7 aromatic carbocycles. The lowest BCUT2D eigenvalue weighted by molar-refractivity contribution is 0.386. The topological polar surface area (TPSA) is 28.3 Å². The van der Waals surface area contributed by atoms with E-state index in [1.807, 2.05) is 0 Å². The molecule has 0 saturated heterocycles. The van der Waals surface area contributed by atoms with Crippen molar-refractivity contribution in [1.29, 1.82) is 0 Å². The summed E-state index contributed by atoms with van der Waals surface area (Å²) in [7, 11) is 0. The SMILES string of the molecule is c1ccc(-n2ccc3c2C(c2ccccc2)(c2ccccc2)c2ccc4c(c2O3)C(c2ccccc2)(c2ccccc2)c2c(ccn2-c2ccccc2)O4)cc1. The minimum atomic E-state index is -0.866. The standard InChI is InChI=1S/C52H36N2O2/c1-7-19-37(20-8-1)51(38-21-9-2-10-22-38)43-31-32-44-47(48(43)56-46-34-36-53(49(46)51)41-27-15-5-16-28-41)52(39-23-11-3-12-24-39,40-25-13-4-14-26-40)50-45(55-44)33-35-54(50)42-29-17-6-18-30-42/h1-36H. The first-order valence-corrected chi connectivity index (χ1v) is 19.1. The van der Waals surface area contributed by atoms with Crippen molar-refractivity contribution in [3.05, 3.63) is 263 Å². The number of ether oxygens (including phenoxy) is 2. The third-order valence-corrected chi connectivity index (χ3v) is 11.6. The van der Waals surface area contributed by atoms with Gasteiger partial charge in [-0.05, 0) is 70.8 Å². The molecule has 0 atom stereocenters. The Morgan fingerprint density at radius 1 is 0.321 bits per heavy atom. The minimum absolute atomic E-state index is 0.760. The largest absolute Gasteiger partial charge is 0.455 e. The first kappa shape index (κ1) is 32.2. The smallest absolute Gasteiger partial charge is 0.150 e. The van der Waals surface area contributed by atoms with Crippen molar-refractivity contribution in [2.45, 2.75) is 10.8 Å². The number of aromatic nitrogens is 2. The number of hydrogen-bond acceptors (Lipinski definition) is 2. The van der Waals surface area contributed by atoms with Gasteiger partial charge in [-0.25, -0.2) is 0 Å². The summed E-state index contributed by atoms with van der Waals surface area (Å²) in [5.74, 6) is 3.14. The number of hydrogen-bond donors (Lipinski definition) is 0. The molecule has 0 bridgehead atoms. The van der Waals surface area contributed by atoms with E-state index in [1.54, 1.807) is 0 Å². The quantitative estimate of drug-likeness (QED) is 0.171. The van der Waals surface area contributed by atoms with Gasteiger partial charge in [0.2, 0.25) is 0 Å². The average Bonchev–Trinajstić information content (AvgIpc) is 3.92. The molecule has 0 spiro atoms. The first-order valence-electron chi connectivity index (χ1n) is 19.1. The Hall–Kier alpha value is -7.30. The molecule has 0 aliphatic carbocycles. The number of benzene rings is 7. The van der Waals surface area contributed by atoms with Gasteiger partial charge in [0.1, 0.15) is 23.0 Å². The van der Waals surface area contributed by atoms with Crippen LogP contribution in [0.25, 0.3) is 11.4 Å². The van der Waals surface area contributed by atoms with Crippen LogP contribution in [0.3, 0.4) is 0 Å². The fourth-order valence-corrected chi connectivity index (χ4v) is 9.44. The summed E-state index contributed by atoms with van der Waals surface area (Å²) in [6.07, 6.45) is 4.28. The van der Waals surface area contributed by atoms with Crippen LogP contribution in [0.15, 0.2) is 219 Å². The molecule has 0 unspecified atom stereocenters. The second kappa shape index (κ2) is 12.6. The van der Waals surface area contributed by atoms with Crippen LogP contribution in [-0.4, -0.2) is 9.13 Å². The van der Waals surface area contributed by atoms with E-state index in [0.717, 1.165) is 79.1 Å². The second-order valence-electron chi connectivity index (χ2n) is 14.5. The fourth-order valence-electron chi connectivity index (χ4n) is 9.44. The van der Waals surface area contributed by atoms with Gasteiger partial charge in [-0.3, -0.25) is 0 Å². The van der Waals surface area contributed by atoms with Gasteiger partial charge in [-0.15, -0.1) is 0 Å². The molecule has 4 heteroatoms. The number of fused-ring (bicyclic) bond motifs is 5. The normalized spacial score (nSPS) is 14.3. The lowest BCUT2D eigenvalue weighted by Crippen LogP contribution is -2.40. The first-order chi connectivity index (χ1) is 27.8. The molecule has 0 amide bonds. The third kappa shape index (κ3) is 4.47. The Labute approximate surface area is 326 Å². The molecule has 9 aromatic rings. The molecule has 266 valence electrons. The maximum Gasteiger partial charge on any atom is 0.150 e.